The molecule has 1 fully saturated rings. The molecule has 34 heavy (non-hydrogen) atoms. The number of hydrogen-bond acceptors (Lipinski definition) is 5. The van der Waals surface area contributed by atoms with E-state index in [0.717, 1.165) is 30.8 Å². The molecule has 0 unspecified atom stereocenters. The van der Waals surface area contributed by atoms with E-state index in [2.05, 4.69) is 15.3 Å². The van der Waals surface area contributed by atoms with Crippen molar-refractivity contribution >= 4 is 11.6 Å². The predicted molar refractivity (Wildman–Crippen MR) is 121 cm³/mol. The van der Waals surface area contributed by atoms with Crippen LogP contribution in [-0.4, -0.2) is 58.0 Å². The Labute approximate surface area is 194 Å². The number of aryl methyl sites for hydroxylation is 1. The number of aliphatic hydroxyl groups is 1. The lowest BCUT2D eigenvalue weighted by Crippen LogP contribution is -2.27. The molecular weight excluding hydrogens is 449 g/mol. The number of β-amino-alcohol motifs (C(OH)–C–C–N with tert-alkyl or cyclic N) is 1. The second-order valence-corrected chi connectivity index (χ2v) is 8.18. The van der Waals surface area contributed by atoms with Crippen LogP contribution in [0, 0.1) is 0 Å². The van der Waals surface area contributed by atoms with Gasteiger partial charge in [0.2, 0.25) is 0 Å². The fraction of sp³-hybridized carbons (Fsp3) is 0.333. The van der Waals surface area contributed by atoms with Gasteiger partial charge in [0.25, 0.3) is 5.91 Å². The Bertz CT molecular complexity index is 1160. The van der Waals surface area contributed by atoms with E-state index in [-0.39, 0.29) is 11.7 Å². The number of amides is 1. The molecule has 1 aromatic heterocycles. The minimum atomic E-state index is -4.53. The first-order valence-corrected chi connectivity index (χ1v) is 10.8. The maximum absolute atomic E-state index is 13.0. The smallest absolute Gasteiger partial charge is 0.416 e. The number of aromatic nitrogens is 2. The Morgan fingerprint density at radius 2 is 2.06 bits per heavy atom. The van der Waals surface area contributed by atoms with Gasteiger partial charge in [0.15, 0.2) is 0 Å². The number of nitrogens with one attached hydrogen (secondary N) is 1. The summed E-state index contributed by atoms with van der Waals surface area (Å²) < 4.78 is 46.7. The fourth-order valence-corrected chi connectivity index (χ4v) is 3.91. The standard InChI is InChI=1S/C24H25F3N4O3/c1-30-21(7-9-28-30)20-14-18(5-6-22(20)34-12-11-31-10-8-19(32)15-31)29-23(33)16-3-2-4-17(13-16)24(25,26)27/h2-7,9,13-14,19,32H,8,10-12,15H2,1H3,(H,29,33)/t19-/m1/s1. The molecule has 3 aromatic rings. The number of benzene rings is 2. The molecule has 180 valence electrons. The van der Waals surface area contributed by atoms with Gasteiger partial charge in [0, 0.05) is 49.7 Å². The average Bonchev–Trinajstić information content (AvgIpc) is 3.41. The summed E-state index contributed by atoms with van der Waals surface area (Å²) >= 11 is 0. The van der Waals surface area contributed by atoms with Crippen molar-refractivity contribution in [2.24, 2.45) is 7.05 Å². The maximum Gasteiger partial charge on any atom is 0.416 e. The first-order chi connectivity index (χ1) is 16.2. The number of nitrogens with zero attached hydrogens (tertiary/aromatic N) is 3. The second kappa shape index (κ2) is 9.86. The highest BCUT2D eigenvalue weighted by Gasteiger charge is 2.31. The molecule has 1 aliphatic heterocycles. The Balaban J connectivity index is 1.52. The zero-order valence-corrected chi connectivity index (χ0v) is 18.5. The molecule has 7 nitrogen and oxygen atoms in total. The zero-order chi connectivity index (χ0) is 24.3. The summed E-state index contributed by atoms with van der Waals surface area (Å²) in [6, 6.07) is 11.1. The number of anilines is 1. The van der Waals surface area contributed by atoms with Gasteiger partial charge in [-0.3, -0.25) is 14.4 Å². The van der Waals surface area contributed by atoms with E-state index in [9.17, 15) is 23.1 Å². The summed E-state index contributed by atoms with van der Waals surface area (Å²) in [5.41, 5.74) is 0.869. The average molecular weight is 474 g/mol. The van der Waals surface area contributed by atoms with Crippen LogP contribution in [0.2, 0.25) is 0 Å². The number of aliphatic hydroxyl groups excluding tert-OH is 1. The highest BCUT2D eigenvalue weighted by atomic mass is 19.4. The van der Waals surface area contributed by atoms with Crippen LogP contribution in [0.15, 0.2) is 54.7 Å². The Kier molecular flexibility index (Phi) is 6.90. The van der Waals surface area contributed by atoms with Crippen molar-refractivity contribution in [1.29, 1.82) is 0 Å². The van der Waals surface area contributed by atoms with Crippen molar-refractivity contribution in [2.75, 3.05) is 31.6 Å². The summed E-state index contributed by atoms with van der Waals surface area (Å²) in [6.07, 6.45) is -2.45. The number of carbonyl (C=O) groups excluding carboxylic acids is 1. The minimum absolute atomic E-state index is 0.0926. The first kappa shape index (κ1) is 23.8. The normalized spacial score (nSPS) is 16.6. The van der Waals surface area contributed by atoms with Gasteiger partial charge in [-0.25, -0.2) is 0 Å². The quantitative estimate of drug-likeness (QED) is 0.545. The lowest BCUT2D eigenvalue weighted by atomic mass is 10.1. The number of carbonyl (C=O) groups is 1. The molecule has 2 N–H and O–H groups in total. The SMILES string of the molecule is Cn1nccc1-c1cc(NC(=O)c2cccc(C(F)(F)F)c2)ccc1OCCN1CC[C@@H](O)C1. The minimum Gasteiger partial charge on any atom is -0.492 e. The summed E-state index contributed by atoms with van der Waals surface area (Å²) in [5, 5.41) is 16.5. The molecule has 1 amide bonds. The van der Waals surface area contributed by atoms with Crippen LogP contribution >= 0.6 is 0 Å². The van der Waals surface area contributed by atoms with E-state index in [0.29, 0.717) is 36.7 Å². The van der Waals surface area contributed by atoms with Crippen molar-refractivity contribution < 1.29 is 27.8 Å². The third kappa shape index (κ3) is 5.57. The van der Waals surface area contributed by atoms with E-state index in [4.69, 9.17) is 4.74 Å². The lowest BCUT2D eigenvalue weighted by molar-refractivity contribution is -0.137. The van der Waals surface area contributed by atoms with Crippen molar-refractivity contribution in [3.63, 3.8) is 0 Å². The molecule has 1 aliphatic rings. The van der Waals surface area contributed by atoms with Crippen LogP contribution in [-0.2, 0) is 13.2 Å². The second-order valence-electron chi connectivity index (χ2n) is 8.18. The van der Waals surface area contributed by atoms with Crippen LogP contribution in [0.1, 0.15) is 22.3 Å². The van der Waals surface area contributed by atoms with Gasteiger partial charge in [-0.2, -0.15) is 18.3 Å². The van der Waals surface area contributed by atoms with Crippen LogP contribution in [0.3, 0.4) is 0 Å². The van der Waals surface area contributed by atoms with Gasteiger partial charge in [-0.05, 0) is 48.9 Å². The van der Waals surface area contributed by atoms with E-state index < -0.39 is 17.6 Å². The monoisotopic (exact) mass is 474 g/mol. The van der Waals surface area contributed by atoms with Gasteiger partial charge in [0.05, 0.1) is 17.4 Å². The van der Waals surface area contributed by atoms with Gasteiger partial charge in [-0.15, -0.1) is 0 Å². The molecule has 1 atom stereocenters. The molecule has 0 radical (unpaired) electrons. The third-order valence-corrected chi connectivity index (χ3v) is 5.70. The molecule has 0 aliphatic carbocycles. The molecule has 2 heterocycles. The number of hydrogen-bond donors (Lipinski definition) is 2. The summed E-state index contributed by atoms with van der Waals surface area (Å²) in [4.78, 5) is 14.8. The maximum atomic E-state index is 13.0. The Morgan fingerprint density at radius 3 is 2.74 bits per heavy atom. The number of halogens is 3. The van der Waals surface area contributed by atoms with Crippen molar-refractivity contribution in [1.82, 2.24) is 14.7 Å². The van der Waals surface area contributed by atoms with E-state index in [1.165, 1.54) is 12.1 Å². The summed E-state index contributed by atoms with van der Waals surface area (Å²) in [6.45, 7) is 2.52. The van der Waals surface area contributed by atoms with Crippen LogP contribution in [0.4, 0.5) is 18.9 Å². The molecule has 10 heteroatoms. The van der Waals surface area contributed by atoms with Crippen LogP contribution < -0.4 is 10.1 Å². The summed E-state index contributed by atoms with van der Waals surface area (Å²) in [5.74, 6) is -0.0660. The number of rotatable bonds is 7. The molecule has 0 saturated carbocycles. The number of alkyl halides is 3. The molecule has 0 spiro atoms. The van der Waals surface area contributed by atoms with E-state index in [1.807, 2.05) is 0 Å². The molecule has 0 bridgehead atoms. The first-order valence-electron chi connectivity index (χ1n) is 10.8. The van der Waals surface area contributed by atoms with Crippen LogP contribution in [0.25, 0.3) is 11.3 Å². The van der Waals surface area contributed by atoms with Crippen molar-refractivity contribution in [2.45, 2.75) is 18.7 Å². The number of likely N-dealkylation sites (tertiary alicyclic amines) is 1. The van der Waals surface area contributed by atoms with E-state index in [1.54, 1.807) is 42.2 Å². The van der Waals surface area contributed by atoms with Gasteiger partial charge < -0.3 is 15.2 Å². The van der Waals surface area contributed by atoms with Crippen molar-refractivity contribution in [3.8, 4) is 17.0 Å². The molecule has 4 rings (SSSR count). The highest BCUT2D eigenvalue weighted by molar-refractivity contribution is 6.04. The largest absolute Gasteiger partial charge is 0.492 e. The lowest BCUT2D eigenvalue weighted by Gasteiger charge is -2.18. The van der Waals surface area contributed by atoms with Gasteiger partial charge in [0.1, 0.15) is 12.4 Å². The van der Waals surface area contributed by atoms with Gasteiger partial charge >= 0.3 is 6.18 Å². The third-order valence-electron chi connectivity index (χ3n) is 5.70. The van der Waals surface area contributed by atoms with Gasteiger partial charge in [-0.1, -0.05) is 6.07 Å². The van der Waals surface area contributed by atoms with E-state index >= 15 is 0 Å². The Morgan fingerprint density at radius 1 is 1.24 bits per heavy atom. The fourth-order valence-electron chi connectivity index (χ4n) is 3.91. The van der Waals surface area contributed by atoms with Crippen LogP contribution in [0.5, 0.6) is 5.75 Å². The zero-order valence-electron chi connectivity index (χ0n) is 18.5. The summed E-state index contributed by atoms with van der Waals surface area (Å²) in [7, 11) is 1.78. The Hall–Kier alpha value is -3.37. The highest BCUT2D eigenvalue weighted by Crippen LogP contribution is 2.33. The predicted octanol–water partition coefficient (Wildman–Crippen LogP) is 3.80. The molecule has 2 aromatic carbocycles. The number of ether oxygens (including phenoxy) is 1. The molecular formula is C24H25F3N4O3. The topological polar surface area (TPSA) is 79.6 Å². The van der Waals surface area contributed by atoms with Crippen molar-refractivity contribution in [3.05, 3.63) is 65.9 Å². The molecule has 1 saturated heterocycles.